The molecule has 5 nitrogen and oxygen atoms in total. The Balaban J connectivity index is 1.90. The first-order valence-electron chi connectivity index (χ1n) is 9.16. The number of nitrogens with zero attached hydrogens (tertiary/aromatic N) is 1. The minimum atomic E-state index is -0.153. The summed E-state index contributed by atoms with van der Waals surface area (Å²) in [5.74, 6) is -0.153. The number of aromatic nitrogens is 1. The first-order valence-corrected chi connectivity index (χ1v) is 9.96. The third-order valence-electron chi connectivity index (χ3n) is 5.48. The highest BCUT2D eigenvalue weighted by molar-refractivity contribution is 9.10. The first-order chi connectivity index (χ1) is 12.7. The number of H-pyrrole nitrogens is 1. The van der Waals surface area contributed by atoms with Crippen molar-refractivity contribution in [3.8, 4) is 0 Å². The van der Waals surface area contributed by atoms with E-state index in [1.807, 2.05) is 32.9 Å². The van der Waals surface area contributed by atoms with Gasteiger partial charge >= 0.3 is 0 Å². The molecule has 1 aromatic heterocycles. The number of hydrogen-bond acceptors (Lipinski definition) is 3. The van der Waals surface area contributed by atoms with Crippen molar-refractivity contribution in [2.45, 2.75) is 46.2 Å². The summed E-state index contributed by atoms with van der Waals surface area (Å²) in [6.45, 7) is 5.98. The van der Waals surface area contributed by atoms with Gasteiger partial charge in [-0.3, -0.25) is 9.59 Å². The quantitative estimate of drug-likeness (QED) is 0.777. The minimum absolute atomic E-state index is 0.146. The SMILES string of the molecule is Cc1cc(C)c(CNC(=O)c2cc(Br)c3c(c2C)C(N(C)C)CC3)c(=O)[nH]1. The molecule has 1 heterocycles. The molecule has 0 saturated carbocycles. The molecular formula is C21H26BrN3O2. The fourth-order valence-electron chi connectivity index (χ4n) is 4.07. The Morgan fingerprint density at radius 2 is 2.00 bits per heavy atom. The zero-order valence-electron chi connectivity index (χ0n) is 16.5. The van der Waals surface area contributed by atoms with Gasteiger partial charge in [-0.1, -0.05) is 15.9 Å². The maximum atomic E-state index is 12.9. The molecule has 6 heteroatoms. The Bertz CT molecular complexity index is 963. The number of pyridine rings is 1. The Kier molecular flexibility index (Phi) is 5.58. The summed E-state index contributed by atoms with van der Waals surface area (Å²) in [4.78, 5) is 30.1. The lowest BCUT2D eigenvalue weighted by molar-refractivity contribution is 0.0950. The predicted octanol–water partition coefficient (Wildman–Crippen LogP) is 3.54. The summed E-state index contributed by atoms with van der Waals surface area (Å²) < 4.78 is 0.988. The molecule has 0 aliphatic heterocycles. The van der Waals surface area contributed by atoms with Gasteiger partial charge in [0.1, 0.15) is 0 Å². The van der Waals surface area contributed by atoms with E-state index in [4.69, 9.17) is 0 Å². The summed E-state index contributed by atoms with van der Waals surface area (Å²) in [5, 5.41) is 2.93. The number of aromatic amines is 1. The molecule has 0 saturated heterocycles. The van der Waals surface area contributed by atoms with Crippen molar-refractivity contribution in [1.82, 2.24) is 15.2 Å². The number of carbonyl (C=O) groups excluding carboxylic acids is 1. The van der Waals surface area contributed by atoms with Crippen LogP contribution in [0, 0.1) is 20.8 Å². The molecule has 1 aliphatic rings. The second-order valence-corrected chi connectivity index (χ2v) is 8.42. The van der Waals surface area contributed by atoms with E-state index in [9.17, 15) is 9.59 Å². The molecule has 1 atom stereocenters. The van der Waals surface area contributed by atoms with Gasteiger partial charge in [-0.25, -0.2) is 0 Å². The summed E-state index contributed by atoms with van der Waals surface area (Å²) in [6.07, 6.45) is 2.07. The lowest BCUT2D eigenvalue weighted by atomic mass is 9.95. The highest BCUT2D eigenvalue weighted by Gasteiger charge is 2.30. The molecule has 144 valence electrons. The van der Waals surface area contributed by atoms with Crippen LogP contribution >= 0.6 is 15.9 Å². The zero-order valence-corrected chi connectivity index (χ0v) is 18.1. The maximum Gasteiger partial charge on any atom is 0.253 e. The normalized spacial score (nSPS) is 15.9. The highest BCUT2D eigenvalue weighted by atomic mass is 79.9. The van der Waals surface area contributed by atoms with Gasteiger partial charge in [0.25, 0.3) is 11.5 Å². The molecular weight excluding hydrogens is 406 g/mol. The molecule has 0 radical (unpaired) electrons. The van der Waals surface area contributed by atoms with Gasteiger partial charge in [0.15, 0.2) is 0 Å². The largest absolute Gasteiger partial charge is 0.348 e. The van der Waals surface area contributed by atoms with Crippen molar-refractivity contribution in [3.63, 3.8) is 0 Å². The summed E-state index contributed by atoms with van der Waals surface area (Å²) in [5.41, 5.74) is 6.39. The van der Waals surface area contributed by atoms with Gasteiger partial charge in [-0.15, -0.1) is 0 Å². The predicted molar refractivity (Wildman–Crippen MR) is 111 cm³/mol. The number of nitrogens with one attached hydrogen (secondary N) is 2. The van der Waals surface area contributed by atoms with Crippen LogP contribution in [0.5, 0.6) is 0 Å². The van der Waals surface area contributed by atoms with Crippen LogP contribution in [0.25, 0.3) is 0 Å². The molecule has 1 unspecified atom stereocenters. The second-order valence-electron chi connectivity index (χ2n) is 7.57. The molecule has 0 fully saturated rings. The molecule has 1 aromatic carbocycles. The third-order valence-corrected chi connectivity index (χ3v) is 6.19. The third kappa shape index (κ3) is 3.73. The average molecular weight is 432 g/mol. The molecule has 27 heavy (non-hydrogen) atoms. The second kappa shape index (κ2) is 7.60. The van der Waals surface area contributed by atoms with Crippen LogP contribution in [0.1, 0.15) is 56.3 Å². The van der Waals surface area contributed by atoms with Gasteiger partial charge < -0.3 is 15.2 Å². The molecule has 3 rings (SSSR count). The van der Waals surface area contributed by atoms with Gasteiger partial charge in [0.05, 0.1) is 0 Å². The first kappa shape index (κ1) is 19.8. The number of hydrogen-bond donors (Lipinski definition) is 2. The lowest BCUT2D eigenvalue weighted by Crippen LogP contribution is -2.29. The molecule has 1 aliphatic carbocycles. The smallest absolute Gasteiger partial charge is 0.253 e. The molecule has 0 spiro atoms. The van der Waals surface area contributed by atoms with Crippen molar-refractivity contribution < 1.29 is 4.79 Å². The molecule has 0 bridgehead atoms. The van der Waals surface area contributed by atoms with Crippen molar-refractivity contribution in [2.24, 2.45) is 0 Å². The van der Waals surface area contributed by atoms with Crippen LogP contribution < -0.4 is 10.9 Å². The van der Waals surface area contributed by atoms with Crippen LogP contribution in [0.2, 0.25) is 0 Å². The molecule has 1 amide bonds. The molecule has 2 aromatic rings. The standard InChI is InChI=1S/C21H26BrN3O2/c1-11-8-12(2)24-21(27)16(11)10-23-20(26)15-9-17(22)14-6-7-18(25(4)5)19(14)13(15)3/h8-9,18H,6-7,10H2,1-5H3,(H,23,26)(H,24,27). The van der Waals surface area contributed by atoms with E-state index in [2.05, 4.69) is 45.2 Å². The van der Waals surface area contributed by atoms with Crippen LogP contribution in [-0.4, -0.2) is 29.9 Å². The number of halogens is 1. The van der Waals surface area contributed by atoms with Crippen LogP contribution in [0.4, 0.5) is 0 Å². The van der Waals surface area contributed by atoms with Crippen LogP contribution in [0.15, 0.2) is 21.4 Å². The Labute approximate surface area is 168 Å². The van der Waals surface area contributed by atoms with Gasteiger partial charge in [-0.2, -0.15) is 0 Å². The Morgan fingerprint density at radius 1 is 1.30 bits per heavy atom. The Hall–Kier alpha value is -1.92. The van der Waals surface area contributed by atoms with E-state index in [-0.39, 0.29) is 18.0 Å². The fourth-order valence-corrected chi connectivity index (χ4v) is 4.71. The number of carbonyl (C=O) groups is 1. The van der Waals surface area contributed by atoms with E-state index in [0.717, 1.165) is 34.1 Å². The molecule has 2 N–H and O–H groups in total. The summed E-state index contributed by atoms with van der Waals surface area (Å²) in [7, 11) is 4.15. The van der Waals surface area contributed by atoms with E-state index in [1.54, 1.807) is 0 Å². The number of aryl methyl sites for hydroxylation is 2. The number of rotatable bonds is 4. The van der Waals surface area contributed by atoms with Crippen molar-refractivity contribution >= 4 is 21.8 Å². The van der Waals surface area contributed by atoms with E-state index in [1.165, 1.54) is 11.1 Å². The van der Waals surface area contributed by atoms with E-state index < -0.39 is 0 Å². The number of benzene rings is 1. The highest BCUT2D eigenvalue weighted by Crippen LogP contribution is 2.41. The van der Waals surface area contributed by atoms with Gasteiger partial charge in [-0.05, 0) is 82.1 Å². The topological polar surface area (TPSA) is 65.2 Å². The van der Waals surface area contributed by atoms with Gasteiger partial charge in [0.2, 0.25) is 0 Å². The van der Waals surface area contributed by atoms with Crippen LogP contribution in [0.3, 0.4) is 0 Å². The monoisotopic (exact) mass is 431 g/mol. The summed E-state index contributed by atoms with van der Waals surface area (Å²) >= 11 is 3.65. The van der Waals surface area contributed by atoms with Crippen molar-refractivity contribution in [1.29, 1.82) is 0 Å². The van der Waals surface area contributed by atoms with Crippen molar-refractivity contribution in [2.75, 3.05) is 14.1 Å². The number of fused-ring (bicyclic) bond motifs is 1. The Morgan fingerprint density at radius 3 is 2.63 bits per heavy atom. The van der Waals surface area contributed by atoms with E-state index in [0.29, 0.717) is 17.2 Å². The fraction of sp³-hybridized carbons (Fsp3) is 0.429. The lowest BCUT2D eigenvalue weighted by Gasteiger charge is -2.23. The average Bonchev–Trinajstić information content (AvgIpc) is 3.03. The summed E-state index contributed by atoms with van der Waals surface area (Å²) in [6, 6.07) is 4.15. The number of amides is 1. The van der Waals surface area contributed by atoms with Crippen molar-refractivity contribution in [3.05, 3.63) is 66.0 Å². The van der Waals surface area contributed by atoms with Gasteiger partial charge in [0, 0.05) is 33.9 Å². The van der Waals surface area contributed by atoms with Crippen LogP contribution in [-0.2, 0) is 13.0 Å². The minimum Gasteiger partial charge on any atom is -0.348 e. The maximum absolute atomic E-state index is 12.9. The zero-order chi connectivity index (χ0) is 19.9. The van der Waals surface area contributed by atoms with E-state index >= 15 is 0 Å².